The number of anilines is 1. The molecular formula is C18H22N2O5S. The van der Waals surface area contributed by atoms with Crippen LogP contribution in [0.1, 0.15) is 10.4 Å². The van der Waals surface area contributed by atoms with E-state index in [1.54, 1.807) is 37.4 Å². The number of rotatable bonds is 8. The summed E-state index contributed by atoms with van der Waals surface area (Å²) in [5.41, 5.74) is 0.836. The molecule has 140 valence electrons. The Hall–Kier alpha value is -2.42. The molecule has 2 aromatic carbocycles. The summed E-state index contributed by atoms with van der Waals surface area (Å²) in [4.78, 5) is 12.5. The van der Waals surface area contributed by atoms with E-state index in [1.807, 2.05) is 0 Å². The van der Waals surface area contributed by atoms with Crippen molar-refractivity contribution >= 4 is 21.6 Å². The van der Waals surface area contributed by atoms with Crippen LogP contribution in [0.5, 0.6) is 5.75 Å². The first-order valence-electron chi connectivity index (χ1n) is 7.90. The first-order chi connectivity index (χ1) is 12.3. The van der Waals surface area contributed by atoms with Gasteiger partial charge in [-0.25, -0.2) is 12.7 Å². The summed E-state index contributed by atoms with van der Waals surface area (Å²) >= 11 is 0. The van der Waals surface area contributed by atoms with Gasteiger partial charge < -0.3 is 14.8 Å². The van der Waals surface area contributed by atoms with Gasteiger partial charge in [-0.15, -0.1) is 0 Å². The van der Waals surface area contributed by atoms with Gasteiger partial charge in [-0.2, -0.15) is 0 Å². The molecule has 0 aromatic heterocycles. The number of hydrogen-bond donors (Lipinski definition) is 1. The molecule has 2 rings (SSSR count). The monoisotopic (exact) mass is 378 g/mol. The summed E-state index contributed by atoms with van der Waals surface area (Å²) < 4.78 is 35.8. The standard InChI is InChI=1S/C18H22N2O5S/c1-20(2)26(22,23)17-6-4-5-14(13-17)18(21)19-15-7-9-16(10-8-15)25-12-11-24-3/h4-10,13H,11-12H2,1-3H3,(H,19,21). The van der Waals surface area contributed by atoms with Crippen LogP contribution in [-0.2, 0) is 14.8 Å². The Labute approximate surface area is 153 Å². The highest BCUT2D eigenvalue weighted by Gasteiger charge is 2.18. The third kappa shape index (κ3) is 5.04. The Morgan fingerprint density at radius 2 is 1.77 bits per heavy atom. The molecule has 0 aliphatic heterocycles. The van der Waals surface area contributed by atoms with E-state index in [0.717, 1.165) is 4.31 Å². The van der Waals surface area contributed by atoms with E-state index in [9.17, 15) is 13.2 Å². The third-order valence-electron chi connectivity index (χ3n) is 3.54. The molecule has 2 aromatic rings. The molecular weight excluding hydrogens is 356 g/mol. The van der Waals surface area contributed by atoms with Crippen LogP contribution >= 0.6 is 0 Å². The van der Waals surface area contributed by atoms with E-state index in [2.05, 4.69) is 5.32 Å². The number of hydrogen-bond acceptors (Lipinski definition) is 5. The van der Waals surface area contributed by atoms with Gasteiger partial charge in [-0.05, 0) is 42.5 Å². The zero-order valence-electron chi connectivity index (χ0n) is 14.9. The zero-order chi connectivity index (χ0) is 19.2. The van der Waals surface area contributed by atoms with Crippen molar-refractivity contribution in [2.45, 2.75) is 4.90 Å². The topological polar surface area (TPSA) is 84.9 Å². The molecule has 0 saturated carbocycles. The van der Waals surface area contributed by atoms with Gasteiger partial charge in [0.1, 0.15) is 12.4 Å². The molecule has 0 heterocycles. The molecule has 26 heavy (non-hydrogen) atoms. The summed E-state index contributed by atoms with van der Waals surface area (Å²) in [6.45, 7) is 0.931. The third-order valence-corrected chi connectivity index (χ3v) is 5.35. The fraction of sp³-hybridized carbons (Fsp3) is 0.278. The molecule has 0 fully saturated rings. The van der Waals surface area contributed by atoms with Gasteiger partial charge in [0.15, 0.2) is 0 Å². The van der Waals surface area contributed by atoms with Crippen molar-refractivity contribution in [3.63, 3.8) is 0 Å². The van der Waals surface area contributed by atoms with Gasteiger partial charge in [0.25, 0.3) is 5.91 Å². The van der Waals surface area contributed by atoms with Crippen LogP contribution < -0.4 is 10.1 Å². The Morgan fingerprint density at radius 1 is 1.08 bits per heavy atom. The van der Waals surface area contributed by atoms with Crippen molar-refractivity contribution in [2.75, 3.05) is 39.7 Å². The predicted octanol–water partition coefficient (Wildman–Crippen LogP) is 2.21. The lowest BCUT2D eigenvalue weighted by molar-refractivity contribution is 0.102. The minimum atomic E-state index is -3.60. The number of carbonyl (C=O) groups excluding carboxylic acids is 1. The minimum Gasteiger partial charge on any atom is -0.491 e. The number of carbonyl (C=O) groups is 1. The molecule has 8 heteroatoms. The lowest BCUT2D eigenvalue weighted by Crippen LogP contribution is -2.22. The van der Waals surface area contributed by atoms with Crippen LogP contribution in [0.25, 0.3) is 0 Å². The summed E-state index contributed by atoms with van der Waals surface area (Å²) in [6, 6.07) is 12.8. The molecule has 0 bridgehead atoms. The number of nitrogens with one attached hydrogen (secondary N) is 1. The summed E-state index contributed by atoms with van der Waals surface area (Å²) in [7, 11) is 0.888. The van der Waals surface area contributed by atoms with Gasteiger partial charge in [0.2, 0.25) is 10.0 Å². The van der Waals surface area contributed by atoms with Crippen molar-refractivity contribution in [1.29, 1.82) is 0 Å². The number of ether oxygens (including phenoxy) is 2. The minimum absolute atomic E-state index is 0.0667. The van der Waals surface area contributed by atoms with Crippen molar-refractivity contribution in [1.82, 2.24) is 4.31 Å². The zero-order valence-corrected chi connectivity index (χ0v) is 15.7. The van der Waals surface area contributed by atoms with Crippen LogP contribution in [0.4, 0.5) is 5.69 Å². The molecule has 0 aliphatic rings. The van der Waals surface area contributed by atoms with Gasteiger partial charge in [0.05, 0.1) is 11.5 Å². The van der Waals surface area contributed by atoms with Crippen LogP contribution in [0, 0.1) is 0 Å². The summed E-state index contributed by atoms with van der Waals surface area (Å²) in [5.74, 6) is 0.271. The molecule has 0 spiro atoms. The highest BCUT2D eigenvalue weighted by atomic mass is 32.2. The van der Waals surface area contributed by atoms with Crippen LogP contribution in [0.2, 0.25) is 0 Å². The fourth-order valence-electron chi connectivity index (χ4n) is 2.09. The number of sulfonamides is 1. The van der Waals surface area contributed by atoms with Crippen molar-refractivity contribution in [2.24, 2.45) is 0 Å². The van der Waals surface area contributed by atoms with Crippen molar-refractivity contribution in [3.8, 4) is 5.75 Å². The molecule has 0 aliphatic carbocycles. The smallest absolute Gasteiger partial charge is 0.255 e. The quantitative estimate of drug-likeness (QED) is 0.712. The molecule has 0 unspecified atom stereocenters. The Balaban J connectivity index is 2.08. The van der Waals surface area contributed by atoms with E-state index < -0.39 is 15.9 Å². The van der Waals surface area contributed by atoms with Crippen molar-refractivity contribution in [3.05, 3.63) is 54.1 Å². The average Bonchev–Trinajstić information content (AvgIpc) is 2.63. The Bertz CT molecular complexity index is 848. The van der Waals surface area contributed by atoms with E-state index in [0.29, 0.717) is 24.7 Å². The van der Waals surface area contributed by atoms with Crippen LogP contribution in [0.15, 0.2) is 53.4 Å². The average molecular weight is 378 g/mol. The lowest BCUT2D eigenvalue weighted by Gasteiger charge is -2.12. The van der Waals surface area contributed by atoms with E-state index in [1.165, 1.54) is 32.3 Å². The molecule has 0 radical (unpaired) electrons. The maximum Gasteiger partial charge on any atom is 0.255 e. The normalized spacial score (nSPS) is 11.4. The van der Waals surface area contributed by atoms with E-state index in [4.69, 9.17) is 9.47 Å². The highest BCUT2D eigenvalue weighted by molar-refractivity contribution is 7.89. The van der Waals surface area contributed by atoms with E-state index >= 15 is 0 Å². The number of methoxy groups -OCH3 is 1. The largest absolute Gasteiger partial charge is 0.491 e. The second-order valence-corrected chi connectivity index (χ2v) is 7.79. The van der Waals surface area contributed by atoms with Gasteiger partial charge in [0, 0.05) is 32.5 Å². The molecule has 0 saturated heterocycles. The highest BCUT2D eigenvalue weighted by Crippen LogP contribution is 2.18. The number of amides is 1. The first kappa shape index (κ1) is 19.9. The summed E-state index contributed by atoms with van der Waals surface area (Å²) in [5, 5.41) is 2.73. The Morgan fingerprint density at radius 3 is 2.38 bits per heavy atom. The SMILES string of the molecule is COCCOc1ccc(NC(=O)c2cccc(S(=O)(=O)N(C)C)c2)cc1. The van der Waals surface area contributed by atoms with Gasteiger partial charge >= 0.3 is 0 Å². The van der Waals surface area contributed by atoms with E-state index in [-0.39, 0.29) is 10.5 Å². The maximum atomic E-state index is 12.4. The second-order valence-electron chi connectivity index (χ2n) is 5.64. The molecule has 0 atom stereocenters. The predicted molar refractivity (Wildman–Crippen MR) is 99.1 cm³/mol. The fourth-order valence-corrected chi connectivity index (χ4v) is 3.04. The maximum absolute atomic E-state index is 12.4. The van der Waals surface area contributed by atoms with Gasteiger partial charge in [-0.1, -0.05) is 6.07 Å². The lowest BCUT2D eigenvalue weighted by atomic mass is 10.2. The Kier molecular flexibility index (Phi) is 6.73. The molecule has 1 amide bonds. The van der Waals surface area contributed by atoms with Crippen LogP contribution in [-0.4, -0.2) is 53.0 Å². The van der Waals surface area contributed by atoms with Crippen LogP contribution in [0.3, 0.4) is 0 Å². The van der Waals surface area contributed by atoms with Gasteiger partial charge in [-0.3, -0.25) is 4.79 Å². The molecule has 1 N–H and O–H groups in total. The second kappa shape index (κ2) is 8.79. The number of nitrogens with zero attached hydrogens (tertiary/aromatic N) is 1. The molecule has 7 nitrogen and oxygen atoms in total. The first-order valence-corrected chi connectivity index (χ1v) is 9.34. The number of benzene rings is 2. The van der Waals surface area contributed by atoms with Crippen molar-refractivity contribution < 1.29 is 22.7 Å². The summed E-state index contributed by atoms with van der Waals surface area (Å²) in [6.07, 6.45) is 0.